The summed E-state index contributed by atoms with van der Waals surface area (Å²) < 4.78 is 35.5. The second kappa shape index (κ2) is 16.5. The smallest absolute Gasteiger partial charge is 0.387 e. The molecule has 1 unspecified atom stereocenters. The monoisotopic (exact) mass is 579 g/mol. The minimum Gasteiger partial charge on any atom is -0.493 e. The Kier molecular flexibility index (Phi) is 13.5. The fourth-order valence-corrected chi connectivity index (χ4v) is 4.16. The topological polar surface area (TPSA) is 97.3 Å². The van der Waals surface area contributed by atoms with Gasteiger partial charge in [-0.1, -0.05) is 32.9 Å². The van der Waals surface area contributed by atoms with Crippen LogP contribution in [0.3, 0.4) is 0 Å². The van der Waals surface area contributed by atoms with Crippen LogP contribution in [0.1, 0.15) is 70.4 Å². The van der Waals surface area contributed by atoms with E-state index in [2.05, 4.69) is 15.2 Å². The summed E-state index contributed by atoms with van der Waals surface area (Å²) in [6.07, 6.45) is 3.50. The number of nitrogens with zero attached hydrogens (tertiary/aromatic N) is 2. The molecule has 1 atom stereocenters. The highest BCUT2D eigenvalue weighted by molar-refractivity contribution is 6.63. The van der Waals surface area contributed by atoms with Crippen molar-refractivity contribution in [2.24, 2.45) is 11.0 Å². The first-order valence-electron chi connectivity index (χ1n) is 13.2. The number of rotatable bonds is 12. The Morgan fingerprint density at radius 2 is 1.75 bits per heavy atom. The second-order valence-electron chi connectivity index (χ2n) is 9.09. The van der Waals surface area contributed by atoms with Crippen molar-refractivity contribution in [1.82, 2.24) is 5.01 Å². The fraction of sp³-hybridized carbons (Fsp3) is 0.448. The van der Waals surface area contributed by atoms with E-state index in [1.54, 1.807) is 24.3 Å². The average molecular weight is 580 g/mol. The number of benzene rings is 2. The van der Waals surface area contributed by atoms with E-state index >= 15 is 0 Å². The van der Waals surface area contributed by atoms with Crippen molar-refractivity contribution < 1.29 is 32.6 Å². The predicted octanol–water partition coefficient (Wildman–Crippen LogP) is 6.75. The Morgan fingerprint density at radius 3 is 2.27 bits per heavy atom. The maximum atomic E-state index is 12.9. The molecule has 2 aromatic carbocycles. The van der Waals surface area contributed by atoms with Gasteiger partial charge in [0, 0.05) is 36.4 Å². The van der Waals surface area contributed by atoms with E-state index in [0.717, 1.165) is 18.4 Å². The zero-order valence-corrected chi connectivity index (χ0v) is 24.0. The van der Waals surface area contributed by atoms with Crippen LogP contribution in [-0.4, -0.2) is 41.5 Å². The molecule has 0 saturated carbocycles. The molecule has 1 aliphatic heterocycles. The first kappa shape index (κ1) is 32.7. The van der Waals surface area contributed by atoms with Gasteiger partial charge in [-0.2, -0.15) is 13.9 Å². The number of carbonyl (C=O) groups excluding carboxylic acids is 3. The van der Waals surface area contributed by atoms with E-state index in [9.17, 15) is 23.2 Å². The lowest BCUT2D eigenvalue weighted by atomic mass is 9.89. The normalized spacial score (nSPS) is 14.7. The zero-order valence-electron chi connectivity index (χ0n) is 23.2. The van der Waals surface area contributed by atoms with Crippen LogP contribution < -0.4 is 14.8 Å². The maximum Gasteiger partial charge on any atom is 0.387 e. The number of alkyl halides is 2. The van der Waals surface area contributed by atoms with Crippen molar-refractivity contribution in [1.29, 1.82) is 0 Å². The molecular weight excluding hydrogens is 544 g/mol. The van der Waals surface area contributed by atoms with Gasteiger partial charge in [-0.05, 0) is 66.8 Å². The Bertz CT molecular complexity index is 1170. The minimum absolute atomic E-state index is 0.0454. The van der Waals surface area contributed by atoms with Gasteiger partial charge in [0.15, 0.2) is 11.5 Å². The van der Waals surface area contributed by atoms with Crippen LogP contribution in [0.15, 0.2) is 47.6 Å². The molecule has 0 fully saturated rings. The van der Waals surface area contributed by atoms with Crippen molar-refractivity contribution in [3.05, 3.63) is 53.6 Å². The molecule has 3 rings (SSSR count). The second-order valence-corrected chi connectivity index (χ2v) is 9.51. The molecule has 0 bridgehead atoms. The van der Waals surface area contributed by atoms with Gasteiger partial charge in [-0.25, -0.2) is 5.01 Å². The number of ether oxygens (including phenoxy) is 2. The molecule has 2 aromatic rings. The zero-order chi connectivity index (χ0) is 29.7. The van der Waals surface area contributed by atoms with Gasteiger partial charge < -0.3 is 14.8 Å². The lowest BCUT2D eigenvalue weighted by Gasteiger charge is -2.29. The van der Waals surface area contributed by atoms with Crippen molar-refractivity contribution in [3.8, 4) is 11.5 Å². The molecule has 40 heavy (non-hydrogen) atoms. The number of hydrazone groups is 1. The summed E-state index contributed by atoms with van der Waals surface area (Å²) in [4.78, 5) is 34.3. The Hall–Kier alpha value is -3.53. The highest BCUT2D eigenvalue weighted by Gasteiger charge is 2.30. The molecular formula is C29H36ClF2N3O5. The van der Waals surface area contributed by atoms with E-state index in [1.807, 2.05) is 32.9 Å². The first-order valence-corrected chi connectivity index (χ1v) is 13.6. The lowest BCUT2D eigenvalue weighted by Crippen LogP contribution is -2.36. The van der Waals surface area contributed by atoms with Gasteiger partial charge in [0.2, 0.25) is 17.1 Å². The summed E-state index contributed by atoms with van der Waals surface area (Å²) >= 11 is 4.94. The van der Waals surface area contributed by atoms with E-state index < -0.39 is 6.61 Å². The van der Waals surface area contributed by atoms with E-state index in [4.69, 9.17) is 16.3 Å². The summed E-state index contributed by atoms with van der Waals surface area (Å²) in [7, 11) is 1.38. The van der Waals surface area contributed by atoms with Crippen LogP contribution in [0.4, 0.5) is 14.5 Å². The minimum atomic E-state index is -2.99. The van der Waals surface area contributed by atoms with Crippen LogP contribution in [-0.2, 0) is 20.9 Å². The number of anilines is 1. The van der Waals surface area contributed by atoms with Gasteiger partial charge in [0.05, 0.1) is 19.4 Å². The molecule has 0 spiro atoms. The number of hydrogen-bond donors (Lipinski definition) is 1. The van der Waals surface area contributed by atoms with E-state index in [-0.39, 0.29) is 47.4 Å². The summed E-state index contributed by atoms with van der Waals surface area (Å²) in [5.41, 5.74) is 2.76. The number of halogens is 3. The molecule has 2 amide bonds. The Labute approximate surface area is 238 Å². The standard InChI is InChI=1S/C25H29F2N3O4.C4H7ClO/c1-4-6-22(31)28-19-10-7-16(8-11-19)15-30-23(32)14-17(5-2)24(29-30)18-9-12-20(33-3)21(13-18)34-25(26)27;1-2-3-4(5)6/h7-13,17,25H,4-6,14-15H2,1-3H3,(H,28,31);2-3H2,1H3. The fourth-order valence-electron chi connectivity index (χ4n) is 3.97. The molecule has 0 aliphatic carbocycles. The van der Waals surface area contributed by atoms with Gasteiger partial charge in [-0.3, -0.25) is 14.4 Å². The summed E-state index contributed by atoms with van der Waals surface area (Å²) in [6.45, 7) is 3.06. The summed E-state index contributed by atoms with van der Waals surface area (Å²) in [5, 5.41) is 8.58. The average Bonchev–Trinajstić information content (AvgIpc) is 2.90. The molecule has 1 aliphatic rings. The summed E-state index contributed by atoms with van der Waals surface area (Å²) in [6, 6.07) is 12.0. The molecule has 1 heterocycles. The van der Waals surface area contributed by atoms with Crippen LogP contribution in [0.2, 0.25) is 0 Å². The van der Waals surface area contributed by atoms with Crippen LogP contribution >= 0.6 is 11.6 Å². The number of nitrogens with one attached hydrogen (secondary N) is 1. The molecule has 11 heteroatoms. The molecule has 0 aromatic heterocycles. The van der Waals surface area contributed by atoms with Crippen molar-refractivity contribution in [2.45, 2.75) is 72.5 Å². The maximum absolute atomic E-state index is 12.9. The van der Waals surface area contributed by atoms with Crippen molar-refractivity contribution in [2.75, 3.05) is 12.4 Å². The van der Waals surface area contributed by atoms with Gasteiger partial charge in [0.1, 0.15) is 0 Å². The Balaban J connectivity index is 0.000000840. The van der Waals surface area contributed by atoms with Gasteiger partial charge in [-0.15, -0.1) is 0 Å². The van der Waals surface area contributed by atoms with Crippen molar-refractivity contribution >= 4 is 40.1 Å². The van der Waals surface area contributed by atoms with Gasteiger partial charge >= 0.3 is 6.61 Å². The molecule has 1 N–H and O–H groups in total. The van der Waals surface area contributed by atoms with Crippen LogP contribution in [0.25, 0.3) is 0 Å². The molecule has 0 radical (unpaired) electrons. The van der Waals surface area contributed by atoms with Gasteiger partial charge in [0.25, 0.3) is 0 Å². The highest BCUT2D eigenvalue weighted by atomic mass is 35.5. The third kappa shape index (κ3) is 10.2. The van der Waals surface area contributed by atoms with E-state index in [0.29, 0.717) is 36.2 Å². The Morgan fingerprint density at radius 1 is 1.07 bits per heavy atom. The third-order valence-electron chi connectivity index (χ3n) is 5.99. The largest absolute Gasteiger partial charge is 0.493 e. The third-order valence-corrected chi connectivity index (χ3v) is 6.17. The molecule has 218 valence electrons. The number of methoxy groups -OCH3 is 1. The number of carbonyl (C=O) groups is 3. The summed E-state index contributed by atoms with van der Waals surface area (Å²) in [5.74, 6) is -0.207. The molecule has 8 nitrogen and oxygen atoms in total. The van der Waals surface area contributed by atoms with Crippen LogP contribution in [0, 0.1) is 5.92 Å². The molecule has 0 saturated heterocycles. The predicted molar refractivity (Wildman–Crippen MR) is 151 cm³/mol. The SMILES string of the molecule is CCCC(=O)Cl.CCCC(=O)Nc1ccc(CN2N=C(c3ccc(OC)c(OC(F)F)c3)C(CC)CC2=O)cc1. The number of hydrogen-bond acceptors (Lipinski definition) is 6. The van der Waals surface area contributed by atoms with Crippen molar-refractivity contribution in [3.63, 3.8) is 0 Å². The quantitative estimate of drug-likeness (QED) is 0.281. The highest BCUT2D eigenvalue weighted by Crippen LogP contribution is 2.33. The lowest BCUT2D eigenvalue weighted by molar-refractivity contribution is -0.133. The van der Waals surface area contributed by atoms with E-state index in [1.165, 1.54) is 18.2 Å². The van der Waals surface area contributed by atoms with Crippen LogP contribution in [0.5, 0.6) is 11.5 Å². The first-order chi connectivity index (χ1) is 19.1. The number of amides is 2.